The van der Waals surface area contributed by atoms with Gasteiger partial charge in [0.1, 0.15) is 5.75 Å². The van der Waals surface area contributed by atoms with Crippen molar-refractivity contribution in [1.29, 1.82) is 0 Å². The summed E-state index contributed by atoms with van der Waals surface area (Å²) in [5.74, 6) is 0.707. The van der Waals surface area contributed by atoms with Crippen LogP contribution in [0.2, 0.25) is 0 Å². The molecule has 1 aromatic rings. The molecule has 0 saturated carbocycles. The Labute approximate surface area is 109 Å². The molecule has 4 heteroatoms. The molecular weight excluding hydrogens is 228 g/mol. The van der Waals surface area contributed by atoms with E-state index in [2.05, 4.69) is 5.32 Å². The maximum atomic E-state index is 12.1. The van der Waals surface area contributed by atoms with Crippen LogP contribution < -0.4 is 15.0 Å². The largest absolute Gasteiger partial charge is 0.495 e. The average Bonchev–Trinajstić information content (AvgIpc) is 2.34. The number of methoxy groups -OCH3 is 1. The quantitative estimate of drug-likeness (QED) is 0.889. The van der Waals surface area contributed by atoms with Crippen molar-refractivity contribution < 1.29 is 9.53 Å². The standard InChI is InChI=1S/C14H22N2O2/c1-14(2,3)15-10-13(17)16(4)11-8-6-7-9-12(11)18-5/h6-9,15H,10H2,1-5H3. The lowest BCUT2D eigenvalue weighted by Gasteiger charge is -2.24. The van der Waals surface area contributed by atoms with Crippen molar-refractivity contribution in [1.82, 2.24) is 5.32 Å². The number of likely N-dealkylation sites (N-methyl/N-ethyl adjacent to an activating group) is 1. The molecule has 0 radical (unpaired) electrons. The van der Waals surface area contributed by atoms with Gasteiger partial charge in [0.25, 0.3) is 0 Å². The van der Waals surface area contributed by atoms with Crippen LogP contribution in [-0.4, -0.2) is 32.1 Å². The lowest BCUT2D eigenvalue weighted by atomic mass is 10.1. The Morgan fingerprint density at radius 1 is 1.33 bits per heavy atom. The molecule has 0 bridgehead atoms. The number of nitrogens with one attached hydrogen (secondary N) is 1. The van der Waals surface area contributed by atoms with E-state index < -0.39 is 0 Å². The molecule has 0 fully saturated rings. The van der Waals surface area contributed by atoms with Gasteiger partial charge in [0.15, 0.2) is 0 Å². The molecule has 0 spiro atoms. The van der Waals surface area contributed by atoms with Gasteiger partial charge >= 0.3 is 0 Å². The number of hydrogen-bond donors (Lipinski definition) is 1. The third kappa shape index (κ3) is 4.04. The molecule has 0 aliphatic carbocycles. The molecule has 4 nitrogen and oxygen atoms in total. The lowest BCUT2D eigenvalue weighted by Crippen LogP contribution is -2.44. The van der Waals surface area contributed by atoms with Crippen molar-refractivity contribution in [2.75, 3.05) is 25.6 Å². The van der Waals surface area contributed by atoms with Gasteiger partial charge in [0.2, 0.25) is 5.91 Å². The zero-order valence-electron chi connectivity index (χ0n) is 11.8. The van der Waals surface area contributed by atoms with Crippen LogP contribution >= 0.6 is 0 Å². The van der Waals surface area contributed by atoms with E-state index in [1.54, 1.807) is 19.1 Å². The number of benzene rings is 1. The van der Waals surface area contributed by atoms with Crippen LogP contribution in [0.3, 0.4) is 0 Å². The summed E-state index contributed by atoms with van der Waals surface area (Å²) in [6.07, 6.45) is 0. The van der Waals surface area contributed by atoms with Crippen molar-refractivity contribution in [3.8, 4) is 5.75 Å². The molecule has 0 atom stereocenters. The van der Waals surface area contributed by atoms with Crippen LogP contribution in [0.1, 0.15) is 20.8 Å². The predicted octanol–water partition coefficient (Wildman–Crippen LogP) is 2.05. The summed E-state index contributed by atoms with van der Waals surface area (Å²) in [6.45, 7) is 6.40. The molecule has 1 rings (SSSR count). The van der Waals surface area contributed by atoms with Crippen molar-refractivity contribution in [3.05, 3.63) is 24.3 Å². The van der Waals surface area contributed by atoms with Gasteiger partial charge < -0.3 is 15.0 Å². The third-order valence-corrected chi connectivity index (χ3v) is 2.59. The Balaban J connectivity index is 2.74. The van der Waals surface area contributed by atoms with Crippen LogP contribution in [0.5, 0.6) is 5.75 Å². The summed E-state index contributed by atoms with van der Waals surface area (Å²) in [7, 11) is 3.36. The van der Waals surface area contributed by atoms with Crippen LogP contribution in [0.4, 0.5) is 5.69 Å². The lowest BCUT2D eigenvalue weighted by molar-refractivity contribution is -0.117. The summed E-state index contributed by atoms with van der Waals surface area (Å²) < 4.78 is 5.25. The molecular formula is C14H22N2O2. The number of nitrogens with zero attached hydrogens (tertiary/aromatic N) is 1. The molecule has 18 heavy (non-hydrogen) atoms. The molecule has 1 N–H and O–H groups in total. The molecule has 1 aromatic carbocycles. The summed E-state index contributed by atoms with van der Waals surface area (Å²) in [4.78, 5) is 13.7. The minimum atomic E-state index is -0.0721. The normalized spacial score (nSPS) is 11.2. The molecule has 0 aliphatic rings. The Hall–Kier alpha value is -1.55. The van der Waals surface area contributed by atoms with E-state index in [0.29, 0.717) is 12.3 Å². The predicted molar refractivity (Wildman–Crippen MR) is 74.2 cm³/mol. The van der Waals surface area contributed by atoms with Gasteiger partial charge in [-0.3, -0.25) is 4.79 Å². The van der Waals surface area contributed by atoms with Crippen molar-refractivity contribution >= 4 is 11.6 Å². The van der Waals surface area contributed by atoms with Crippen LogP contribution in [-0.2, 0) is 4.79 Å². The van der Waals surface area contributed by atoms with Crippen molar-refractivity contribution in [2.24, 2.45) is 0 Å². The number of ether oxygens (including phenoxy) is 1. The molecule has 0 unspecified atom stereocenters. The van der Waals surface area contributed by atoms with E-state index in [1.807, 2.05) is 45.0 Å². The maximum Gasteiger partial charge on any atom is 0.240 e. The third-order valence-electron chi connectivity index (χ3n) is 2.59. The number of carbonyl (C=O) groups excluding carboxylic acids is 1. The van der Waals surface area contributed by atoms with Gasteiger partial charge in [-0.2, -0.15) is 0 Å². The second-order valence-electron chi connectivity index (χ2n) is 5.23. The van der Waals surface area contributed by atoms with Crippen LogP contribution in [0.15, 0.2) is 24.3 Å². The van der Waals surface area contributed by atoms with E-state index in [1.165, 1.54) is 0 Å². The van der Waals surface area contributed by atoms with Crippen molar-refractivity contribution in [2.45, 2.75) is 26.3 Å². The molecule has 100 valence electrons. The monoisotopic (exact) mass is 250 g/mol. The van der Waals surface area contributed by atoms with Gasteiger partial charge in [-0.25, -0.2) is 0 Å². The topological polar surface area (TPSA) is 41.6 Å². The highest BCUT2D eigenvalue weighted by atomic mass is 16.5. The fraction of sp³-hybridized carbons (Fsp3) is 0.500. The number of rotatable bonds is 4. The number of hydrogen-bond acceptors (Lipinski definition) is 3. The average molecular weight is 250 g/mol. The van der Waals surface area contributed by atoms with Crippen LogP contribution in [0.25, 0.3) is 0 Å². The fourth-order valence-corrected chi connectivity index (χ4v) is 1.50. The van der Waals surface area contributed by atoms with E-state index in [-0.39, 0.29) is 11.4 Å². The highest BCUT2D eigenvalue weighted by Crippen LogP contribution is 2.26. The molecule has 0 aromatic heterocycles. The molecule has 0 saturated heterocycles. The van der Waals surface area contributed by atoms with E-state index >= 15 is 0 Å². The van der Waals surface area contributed by atoms with Gasteiger partial charge in [-0.15, -0.1) is 0 Å². The van der Waals surface area contributed by atoms with Gasteiger partial charge in [0, 0.05) is 12.6 Å². The SMILES string of the molecule is COc1ccccc1N(C)C(=O)CNC(C)(C)C. The minimum absolute atomic E-state index is 0.00873. The number of amides is 1. The first-order valence-corrected chi connectivity index (χ1v) is 6.00. The molecule has 0 aliphatic heterocycles. The van der Waals surface area contributed by atoms with Gasteiger partial charge in [-0.1, -0.05) is 12.1 Å². The summed E-state index contributed by atoms with van der Waals surface area (Å²) in [6, 6.07) is 7.48. The minimum Gasteiger partial charge on any atom is -0.495 e. The van der Waals surface area contributed by atoms with E-state index in [0.717, 1.165) is 5.69 Å². The van der Waals surface area contributed by atoms with E-state index in [4.69, 9.17) is 4.74 Å². The van der Waals surface area contributed by atoms with Gasteiger partial charge in [0.05, 0.1) is 19.3 Å². The second-order valence-corrected chi connectivity index (χ2v) is 5.23. The zero-order valence-corrected chi connectivity index (χ0v) is 11.8. The molecule has 1 amide bonds. The van der Waals surface area contributed by atoms with Gasteiger partial charge in [-0.05, 0) is 32.9 Å². The highest BCUT2D eigenvalue weighted by Gasteiger charge is 2.17. The zero-order chi connectivity index (χ0) is 13.8. The Bertz CT molecular complexity index is 411. The smallest absolute Gasteiger partial charge is 0.240 e. The first-order chi connectivity index (χ1) is 8.35. The van der Waals surface area contributed by atoms with E-state index in [9.17, 15) is 4.79 Å². The summed E-state index contributed by atoms with van der Waals surface area (Å²) in [5.41, 5.74) is 0.706. The van der Waals surface area contributed by atoms with Crippen molar-refractivity contribution in [3.63, 3.8) is 0 Å². The first kappa shape index (κ1) is 14.5. The number of anilines is 1. The number of para-hydroxylation sites is 2. The summed E-state index contributed by atoms with van der Waals surface area (Å²) >= 11 is 0. The second kappa shape index (κ2) is 5.87. The Kier molecular flexibility index (Phi) is 4.73. The Morgan fingerprint density at radius 3 is 2.50 bits per heavy atom. The Morgan fingerprint density at radius 2 is 1.94 bits per heavy atom. The number of carbonyl (C=O) groups is 1. The summed E-state index contributed by atoms with van der Waals surface area (Å²) in [5, 5.41) is 3.18. The maximum absolute atomic E-state index is 12.1. The molecule has 0 heterocycles. The first-order valence-electron chi connectivity index (χ1n) is 6.00. The van der Waals surface area contributed by atoms with Crippen LogP contribution in [0, 0.1) is 0 Å². The fourth-order valence-electron chi connectivity index (χ4n) is 1.50. The highest BCUT2D eigenvalue weighted by molar-refractivity contribution is 5.95.